The summed E-state index contributed by atoms with van der Waals surface area (Å²) in [5.41, 5.74) is 1.23. The van der Waals surface area contributed by atoms with Gasteiger partial charge in [0.2, 0.25) is 0 Å². The Labute approximate surface area is 105 Å². The topological polar surface area (TPSA) is 56.8 Å². The van der Waals surface area contributed by atoms with Crippen LogP contribution in [0.5, 0.6) is 11.5 Å². The van der Waals surface area contributed by atoms with E-state index in [2.05, 4.69) is 5.32 Å². The number of carbonyl (C=O) groups is 1. The Morgan fingerprint density at radius 2 is 1.83 bits per heavy atom. The molecule has 1 aromatic carbocycles. The van der Waals surface area contributed by atoms with E-state index < -0.39 is 0 Å². The minimum absolute atomic E-state index is 0.295. The number of rotatable bonds is 3. The number of hydrogen-bond acceptors (Lipinski definition) is 5. The van der Waals surface area contributed by atoms with E-state index in [1.54, 1.807) is 33.3 Å². The molecule has 1 fully saturated rings. The number of ether oxygens (including phenoxy) is 3. The molecule has 0 radical (unpaired) electrons. The van der Waals surface area contributed by atoms with Gasteiger partial charge in [-0.05, 0) is 30.7 Å². The molecule has 0 bridgehead atoms. The van der Waals surface area contributed by atoms with E-state index in [1.807, 2.05) is 12.1 Å². The molecule has 0 amide bonds. The first kappa shape index (κ1) is 12.3. The Bertz CT molecular complexity index is 474. The van der Waals surface area contributed by atoms with Gasteiger partial charge in [0.05, 0.1) is 14.2 Å². The Hall–Kier alpha value is -2.17. The molecular weight excluding hydrogens is 234 g/mol. The molecule has 1 atom stereocenters. The summed E-state index contributed by atoms with van der Waals surface area (Å²) in [5, 5.41) is 2.93. The van der Waals surface area contributed by atoms with Crippen LogP contribution in [0.2, 0.25) is 0 Å². The van der Waals surface area contributed by atoms with E-state index in [-0.39, 0.29) is 12.2 Å². The molecule has 2 rings (SSSR count). The van der Waals surface area contributed by atoms with Crippen molar-refractivity contribution in [3.63, 3.8) is 0 Å². The normalized spacial score (nSPS) is 20.5. The molecule has 18 heavy (non-hydrogen) atoms. The van der Waals surface area contributed by atoms with Gasteiger partial charge in [-0.15, -0.1) is 0 Å². The van der Waals surface area contributed by atoms with Crippen molar-refractivity contribution in [3.8, 4) is 11.5 Å². The minimum atomic E-state index is -0.357. The number of cyclic esters (lactones) is 1. The van der Waals surface area contributed by atoms with Crippen LogP contribution in [0.25, 0.3) is 6.08 Å². The molecule has 5 nitrogen and oxygen atoms in total. The second kappa shape index (κ2) is 5.00. The molecule has 1 saturated heterocycles. The fraction of sp³-hybridized carbons (Fsp3) is 0.308. The predicted octanol–water partition coefficient (Wildman–Crippen LogP) is 1.54. The fourth-order valence-electron chi connectivity index (χ4n) is 1.71. The van der Waals surface area contributed by atoms with Gasteiger partial charge in [-0.3, -0.25) is 0 Å². The minimum Gasteiger partial charge on any atom is -0.497 e. The van der Waals surface area contributed by atoms with Gasteiger partial charge in [0.1, 0.15) is 17.2 Å². The van der Waals surface area contributed by atoms with E-state index in [9.17, 15) is 4.79 Å². The Morgan fingerprint density at radius 1 is 1.22 bits per heavy atom. The maximum atomic E-state index is 11.5. The van der Waals surface area contributed by atoms with Crippen molar-refractivity contribution in [2.75, 3.05) is 14.2 Å². The Balaban J connectivity index is 2.33. The molecule has 0 aromatic heterocycles. The fourth-order valence-corrected chi connectivity index (χ4v) is 1.71. The number of methoxy groups -OCH3 is 2. The number of esters is 1. The van der Waals surface area contributed by atoms with E-state index in [0.29, 0.717) is 17.2 Å². The molecule has 1 aliphatic rings. The van der Waals surface area contributed by atoms with Gasteiger partial charge in [-0.1, -0.05) is 0 Å². The van der Waals surface area contributed by atoms with Crippen molar-refractivity contribution in [1.82, 2.24) is 5.32 Å². The van der Waals surface area contributed by atoms with Crippen molar-refractivity contribution in [3.05, 3.63) is 29.5 Å². The molecule has 0 aliphatic carbocycles. The maximum Gasteiger partial charge on any atom is 0.356 e. The average molecular weight is 249 g/mol. The zero-order valence-electron chi connectivity index (χ0n) is 10.5. The van der Waals surface area contributed by atoms with E-state index >= 15 is 0 Å². The van der Waals surface area contributed by atoms with Crippen LogP contribution in [0, 0.1) is 0 Å². The lowest BCUT2D eigenvalue weighted by Crippen LogP contribution is -2.16. The van der Waals surface area contributed by atoms with Gasteiger partial charge < -0.3 is 19.5 Å². The lowest BCUT2D eigenvalue weighted by Gasteiger charge is -2.06. The van der Waals surface area contributed by atoms with Crippen LogP contribution in [0.1, 0.15) is 12.5 Å². The molecule has 1 aromatic rings. The molecule has 96 valence electrons. The van der Waals surface area contributed by atoms with Crippen molar-refractivity contribution >= 4 is 12.0 Å². The molecule has 1 aliphatic heterocycles. The van der Waals surface area contributed by atoms with Crippen LogP contribution in [-0.2, 0) is 9.53 Å². The summed E-state index contributed by atoms with van der Waals surface area (Å²) in [6, 6.07) is 5.39. The molecule has 1 N–H and O–H groups in total. The number of benzene rings is 1. The average Bonchev–Trinajstić information content (AvgIpc) is 2.67. The highest BCUT2D eigenvalue weighted by Crippen LogP contribution is 2.24. The largest absolute Gasteiger partial charge is 0.497 e. The van der Waals surface area contributed by atoms with Crippen LogP contribution >= 0.6 is 0 Å². The summed E-state index contributed by atoms with van der Waals surface area (Å²) < 4.78 is 15.3. The van der Waals surface area contributed by atoms with Gasteiger partial charge in [0, 0.05) is 6.07 Å². The van der Waals surface area contributed by atoms with Crippen LogP contribution < -0.4 is 14.8 Å². The third-order valence-corrected chi connectivity index (χ3v) is 2.55. The van der Waals surface area contributed by atoms with Crippen molar-refractivity contribution in [1.29, 1.82) is 0 Å². The summed E-state index contributed by atoms with van der Waals surface area (Å²) in [7, 11) is 3.16. The van der Waals surface area contributed by atoms with Crippen LogP contribution in [0.4, 0.5) is 0 Å². The van der Waals surface area contributed by atoms with Gasteiger partial charge >= 0.3 is 5.97 Å². The Kier molecular flexibility index (Phi) is 3.41. The number of nitrogens with one attached hydrogen (secondary N) is 1. The second-order valence-electron chi connectivity index (χ2n) is 3.90. The van der Waals surface area contributed by atoms with Crippen molar-refractivity contribution in [2.24, 2.45) is 0 Å². The van der Waals surface area contributed by atoms with Gasteiger partial charge in [0.25, 0.3) is 0 Å². The third-order valence-electron chi connectivity index (χ3n) is 2.55. The third kappa shape index (κ3) is 2.56. The SMILES string of the molecule is COc1cc(/C=C2/NC(C)OC2=O)cc(OC)c1. The van der Waals surface area contributed by atoms with Crippen LogP contribution in [-0.4, -0.2) is 26.4 Å². The number of hydrogen-bond donors (Lipinski definition) is 1. The van der Waals surface area contributed by atoms with Crippen molar-refractivity contribution < 1.29 is 19.0 Å². The zero-order chi connectivity index (χ0) is 13.1. The summed E-state index contributed by atoms with van der Waals surface area (Å²) in [6.07, 6.45) is 1.41. The van der Waals surface area contributed by atoms with E-state index in [1.165, 1.54) is 0 Å². The highest BCUT2D eigenvalue weighted by atomic mass is 16.6. The lowest BCUT2D eigenvalue weighted by molar-refractivity contribution is -0.138. The monoisotopic (exact) mass is 249 g/mol. The summed E-state index contributed by atoms with van der Waals surface area (Å²) >= 11 is 0. The first-order valence-corrected chi connectivity index (χ1v) is 5.54. The summed E-state index contributed by atoms with van der Waals surface area (Å²) in [6.45, 7) is 1.77. The quantitative estimate of drug-likeness (QED) is 0.650. The molecule has 0 saturated carbocycles. The molecular formula is C13H15NO4. The van der Waals surface area contributed by atoms with Gasteiger partial charge in [0.15, 0.2) is 6.23 Å². The van der Waals surface area contributed by atoms with Crippen molar-refractivity contribution in [2.45, 2.75) is 13.2 Å². The second-order valence-corrected chi connectivity index (χ2v) is 3.90. The van der Waals surface area contributed by atoms with Crippen LogP contribution in [0.15, 0.2) is 23.9 Å². The lowest BCUT2D eigenvalue weighted by atomic mass is 10.1. The number of carbonyl (C=O) groups excluding carboxylic acids is 1. The highest BCUT2D eigenvalue weighted by Gasteiger charge is 2.24. The standard InChI is InChI=1S/C13H15NO4/c1-8-14-12(13(15)18-8)6-9-4-10(16-2)7-11(5-9)17-3/h4-8,14H,1-3H3/b12-6+. The zero-order valence-corrected chi connectivity index (χ0v) is 10.5. The van der Waals surface area contributed by atoms with Gasteiger partial charge in [-0.2, -0.15) is 0 Å². The van der Waals surface area contributed by atoms with Crippen LogP contribution in [0.3, 0.4) is 0 Å². The first-order chi connectivity index (χ1) is 8.62. The van der Waals surface area contributed by atoms with E-state index in [0.717, 1.165) is 5.56 Å². The molecule has 5 heteroatoms. The molecule has 1 unspecified atom stereocenters. The smallest absolute Gasteiger partial charge is 0.356 e. The van der Waals surface area contributed by atoms with Gasteiger partial charge in [-0.25, -0.2) is 4.79 Å². The molecule has 1 heterocycles. The first-order valence-electron chi connectivity index (χ1n) is 5.54. The maximum absolute atomic E-state index is 11.5. The highest BCUT2D eigenvalue weighted by molar-refractivity contribution is 5.94. The predicted molar refractivity (Wildman–Crippen MR) is 66.2 cm³/mol. The summed E-state index contributed by atoms with van der Waals surface area (Å²) in [4.78, 5) is 11.5. The summed E-state index contributed by atoms with van der Waals surface area (Å²) in [5.74, 6) is 0.977. The molecule has 0 spiro atoms. The van der Waals surface area contributed by atoms with E-state index in [4.69, 9.17) is 14.2 Å². The Morgan fingerprint density at radius 3 is 2.28 bits per heavy atom.